The Morgan fingerprint density at radius 2 is 1.83 bits per heavy atom. The van der Waals surface area contributed by atoms with Crippen LogP contribution in [0.5, 0.6) is 11.5 Å². The number of anilines is 1. The highest BCUT2D eigenvalue weighted by molar-refractivity contribution is 5.85. The van der Waals surface area contributed by atoms with Crippen molar-refractivity contribution in [3.05, 3.63) is 66.2 Å². The fraction of sp³-hybridized carbons (Fsp3) is 0.150. The number of aromatic hydroxyl groups is 1. The molecule has 1 N–H and O–H groups in total. The van der Waals surface area contributed by atoms with Gasteiger partial charge in [-0.25, -0.2) is 0 Å². The van der Waals surface area contributed by atoms with Gasteiger partial charge in [-0.05, 0) is 42.0 Å². The summed E-state index contributed by atoms with van der Waals surface area (Å²) in [5, 5.41) is 16.3. The van der Waals surface area contributed by atoms with Crippen LogP contribution in [0.15, 0.2) is 65.8 Å². The maximum Gasteiger partial charge on any atom is 0.158 e. The molecule has 0 heterocycles. The number of oxime groups is 1. The van der Waals surface area contributed by atoms with Gasteiger partial charge >= 0.3 is 0 Å². The summed E-state index contributed by atoms with van der Waals surface area (Å²) in [6, 6.07) is 19.4. The lowest BCUT2D eigenvalue weighted by Gasteiger charge is -2.17. The fourth-order valence-corrected chi connectivity index (χ4v) is 2.43. The molecule has 0 amide bonds. The molecule has 0 spiro atoms. The van der Waals surface area contributed by atoms with E-state index in [-0.39, 0.29) is 5.75 Å². The molecule has 4 heteroatoms. The molecule has 0 aliphatic rings. The lowest BCUT2D eigenvalue weighted by atomic mass is 10.1. The molecule has 3 aromatic carbocycles. The zero-order valence-corrected chi connectivity index (χ0v) is 13.8. The van der Waals surface area contributed by atoms with Gasteiger partial charge < -0.3 is 14.8 Å². The summed E-state index contributed by atoms with van der Waals surface area (Å²) in [6.45, 7) is 2.93. The maximum atomic E-state index is 10.1. The van der Waals surface area contributed by atoms with Crippen LogP contribution in [-0.4, -0.2) is 24.9 Å². The zero-order valence-electron chi connectivity index (χ0n) is 13.8. The van der Waals surface area contributed by atoms with Gasteiger partial charge in [0.1, 0.15) is 5.75 Å². The topological polar surface area (TPSA) is 45.1 Å². The van der Waals surface area contributed by atoms with Crippen LogP contribution in [0.2, 0.25) is 0 Å². The van der Waals surface area contributed by atoms with E-state index < -0.39 is 0 Å². The quantitative estimate of drug-likeness (QED) is 0.559. The second-order valence-electron chi connectivity index (χ2n) is 5.59. The van der Waals surface area contributed by atoms with Crippen molar-refractivity contribution in [2.75, 3.05) is 18.5 Å². The first-order valence-electron chi connectivity index (χ1n) is 7.90. The Bertz CT molecular complexity index is 874. The number of fused-ring (bicyclic) bond motifs is 1. The Balaban J connectivity index is 1.73. The third-order valence-corrected chi connectivity index (χ3v) is 4.00. The van der Waals surface area contributed by atoms with Crippen LogP contribution in [0.1, 0.15) is 12.5 Å². The van der Waals surface area contributed by atoms with Crippen LogP contribution in [-0.2, 0) is 0 Å². The van der Waals surface area contributed by atoms with E-state index in [1.54, 1.807) is 6.07 Å². The number of rotatable bonds is 5. The minimum absolute atomic E-state index is 0.179. The van der Waals surface area contributed by atoms with Gasteiger partial charge in [-0.2, -0.15) is 0 Å². The molecular weight excluding hydrogens is 300 g/mol. The van der Waals surface area contributed by atoms with Gasteiger partial charge in [0.25, 0.3) is 0 Å². The molecule has 0 aliphatic carbocycles. The predicted molar refractivity (Wildman–Crippen MR) is 99.2 cm³/mol. The van der Waals surface area contributed by atoms with Crippen molar-refractivity contribution in [2.45, 2.75) is 6.92 Å². The molecule has 0 saturated heterocycles. The van der Waals surface area contributed by atoms with Crippen molar-refractivity contribution < 1.29 is 9.94 Å². The Kier molecular flexibility index (Phi) is 4.66. The van der Waals surface area contributed by atoms with E-state index in [4.69, 9.17) is 4.84 Å². The van der Waals surface area contributed by atoms with Crippen LogP contribution < -0.4 is 9.74 Å². The Morgan fingerprint density at radius 1 is 1.04 bits per heavy atom. The molecule has 122 valence electrons. The fourth-order valence-electron chi connectivity index (χ4n) is 2.43. The standard InChI is InChI=1S/C20H20N2O2/c1-3-22(2)18-10-8-17(20(23)13-18)14-21-24-19-11-9-15-6-4-5-7-16(15)12-19/h4-14,23H,3H2,1-2H3/b21-14+. The molecule has 0 bridgehead atoms. The van der Waals surface area contributed by atoms with Crippen molar-refractivity contribution in [1.29, 1.82) is 0 Å². The highest BCUT2D eigenvalue weighted by Crippen LogP contribution is 2.23. The first-order chi connectivity index (χ1) is 11.7. The molecule has 0 aliphatic heterocycles. The molecule has 3 rings (SSSR count). The number of phenols is 1. The minimum atomic E-state index is 0.179. The molecule has 3 aromatic rings. The molecule has 0 aromatic heterocycles. The lowest BCUT2D eigenvalue weighted by Crippen LogP contribution is -2.15. The normalized spacial score (nSPS) is 11.1. The zero-order chi connectivity index (χ0) is 16.9. The van der Waals surface area contributed by atoms with Gasteiger partial charge in [0.05, 0.1) is 6.21 Å². The van der Waals surface area contributed by atoms with E-state index in [0.29, 0.717) is 11.3 Å². The highest BCUT2D eigenvalue weighted by atomic mass is 16.6. The number of hydrogen-bond donors (Lipinski definition) is 1. The van der Waals surface area contributed by atoms with Crippen LogP contribution in [0.4, 0.5) is 5.69 Å². The number of hydrogen-bond acceptors (Lipinski definition) is 4. The molecule has 0 unspecified atom stereocenters. The second kappa shape index (κ2) is 7.04. The van der Waals surface area contributed by atoms with E-state index in [1.807, 2.05) is 60.5 Å². The van der Waals surface area contributed by atoms with Crippen LogP contribution in [0, 0.1) is 0 Å². The number of nitrogens with zero attached hydrogens (tertiary/aromatic N) is 2. The van der Waals surface area contributed by atoms with E-state index in [0.717, 1.165) is 23.0 Å². The van der Waals surface area contributed by atoms with Crippen LogP contribution in [0.25, 0.3) is 10.8 Å². The molecule has 0 saturated carbocycles. The maximum absolute atomic E-state index is 10.1. The lowest BCUT2D eigenvalue weighted by molar-refractivity contribution is 0.344. The van der Waals surface area contributed by atoms with E-state index in [9.17, 15) is 5.11 Å². The van der Waals surface area contributed by atoms with Crippen LogP contribution >= 0.6 is 0 Å². The van der Waals surface area contributed by atoms with Gasteiger partial charge in [0, 0.05) is 30.9 Å². The van der Waals surface area contributed by atoms with Gasteiger partial charge in [0.15, 0.2) is 5.75 Å². The van der Waals surface area contributed by atoms with Crippen LogP contribution in [0.3, 0.4) is 0 Å². The second-order valence-corrected chi connectivity index (χ2v) is 5.59. The Hall–Kier alpha value is -3.01. The molecular formula is C20H20N2O2. The van der Waals surface area contributed by atoms with Crippen molar-refractivity contribution in [2.24, 2.45) is 5.16 Å². The average molecular weight is 320 g/mol. The summed E-state index contributed by atoms with van der Waals surface area (Å²) in [5.74, 6) is 0.838. The monoisotopic (exact) mass is 320 g/mol. The van der Waals surface area contributed by atoms with Crippen molar-refractivity contribution in [3.8, 4) is 11.5 Å². The van der Waals surface area contributed by atoms with Crippen molar-refractivity contribution in [1.82, 2.24) is 0 Å². The van der Waals surface area contributed by atoms with Crippen molar-refractivity contribution in [3.63, 3.8) is 0 Å². The number of benzene rings is 3. The predicted octanol–water partition coefficient (Wildman–Crippen LogP) is 4.41. The van der Waals surface area contributed by atoms with E-state index >= 15 is 0 Å². The molecule has 0 fully saturated rings. The smallest absolute Gasteiger partial charge is 0.158 e. The van der Waals surface area contributed by atoms with Gasteiger partial charge in [0.2, 0.25) is 0 Å². The SMILES string of the molecule is CCN(C)c1ccc(/C=N/Oc2ccc3ccccc3c2)c(O)c1. The third kappa shape index (κ3) is 3.49. The average Bonchev–Trinajstić information content (AvgIpc) is 2.62. The summed E-state index contributed by atoms with van der Waals surface area (Å²) in [7, 11) is 1.98. The molecule has 0 atom stereocenters. The summed E-state index contributed by atoms with van der Waals surface area (Å²) in [6.07, 6.45) is 1.51. The largest absolute Gasteiger partial charge is 0.507 e. The highest BCUT2D eigenvalue weighted by Gasteiger charge is 2.04. The van der Waals surface area contributed by atoms with E-state index in [2.05, 4.69) is 18.1 Å². The molecule has 24 heavy (non-hydrogen) atoms. The van der Waals surface area contributed by atoms with Crippen molar-refractivity contribution >= 4 is 22.7 Å². The first-order valence-corrected chi connectivity index (χ1v) is 7.90. The Labute approximate surface area is 141 Å². The summed E-state index contributed by atoms with van der Waals surface area (Å²) in [4.78, 5) is 7.47. The summed E-state index contributed by atoms with van der Waals surface area (Å²) >= 11 is 0. The van der Waals surface area contributed by atoms with E-state index in [1.165, 1.54) is 6.21 Å². The van der Waals surface area contributed by atoms with Gasteiger partial charge in [-0.15, -0.1) is 0 Å². The molecule has 0 radical (unpaired) electrons. The third-order valence-electron chi connectivity index (χ3n) is 4.00. The van der Waals surface area contributed by atoms with Gasteiger partial charge in [-0.3, -0.25) is 0 Å². The summed E-state index contributed by atoms with van der Waals surface area (Å²) < 4.78 is 0. The minimum Gasteiger partial charge on any atom is -0.507 e. The number of phenolic OH excluding ortho intramolecular Hbond substituents is 1. The summed E-state index contributed by atoms with van der Waals surface area (Å²) in [5.41, 5.74) is 1.58. The Morgan fingerprint density at radius 3 is 2.58 bits per heavy atom. The first kappa shape index (κ1) is 15.9. The van der Waals surface area contributed by atoms with Gasteiger partial charge in [-0.1, -0.05) is 35.5 Å². The molecule has 4 nitrogen and oxygen atoms in total.